The van der Waals surface area contributed by atoms with Crippen LogP contribution < -0.4 is 10.6 Å². The Bertz CT molecular complexity index is 1720. The van der Waals surface area contributed by atoms with E-state index in [2.05, 4.69) is 20.6 Å². The first kappa shape index (κ1) is 28.1. The number of carbonyl (C=O) groups excluding carboxylic acids is 2. The first-order chi connectivity index (χ1) is 19.4. The number of fused-ring (bicyclic) bond motifs is 1. The molecule has 3 aromatic heterocycles. The van der Waals surface area contributed by atoms with Crippen LogP contribution in [-0.2, 0) is 6.54 Å². The minimum Gasteiger partial charge on any atom is -0.440 e. The number of carbonyl (C=O) groups is 2. The van der Waals surface area contributed by atoms with Gasteiger partial charge in [0.2, 0.25) is 5.95 Å². The molecule has 13 heteroatoms. The van der Waals surface area contributed by atoms with Gasteiger partial charge in [0, 0.05) is 18.2 Å². The number of alkyl halides is 3. The Kier molecular flexibility index (Phi) is 7.41. The number of aryl methyl sites for hydroxylation is 1. The SMILES string of the molecule is Cc1ncc(-c2ccc(C(=O)Nc3nc4cc(NCC(=O)c5ccccc5)ccc4n3CC(C)(O)C(F)(F)F)s2)o1. The predicted molar refractivity (Wildman–Crippen MR) is 148 cm³/mol. The van der Waals surface area contributed by atoms with E-state index in [1.165, 1.54) is 12.3 Å². The van der Waals surface area contributed by atoms with Crippen molar-refractivity contribution in [2.75, 3.05) is 17.2 Å². The van der Waals surface area contributed by atoms with Crippen molar-refractivity contribution in [3.05, 3.63) is 83.2 Å². The molecule has 5 aromatic rings. The molecule has 212 valence electrons. The van der Waals surface area contributed by atoms with Gasteiger partial charge >= 0.3 is 6.18 Å². The van der Waals surface area contributed by atoms with E-state index >= 15 is 0 Å². The Morgan fingerprint density at radius 3 is 2.54 bits per heavy atom. The number of nitrogens with one attached hydrogen (secondary N) is 2. The average molecular weight is 584 g/mol. The van der Waals surface area contributed by atoms with Gasteiger partial charge in [0.15, 0.2) is 23.0 Å². The van der Waals surface area contributed by atoms with E-state index in [0.717, 1.165) is 15.9 Å². The van der Waals surface area contributed by atoms with Gasteiger partial charge in [-0.1, -0.05) is 30.3 Å². The number of nitrogens with zero attached hydrogens (tertiary/aromatic N) is 3. The van der Waals surface area contributed by atoms with Crippen molar-refractivity contribution >= 4 is 45.7 Å². The van der Waals surface area contributed by atoms with E-state index in [1.807, 2.05) is 0 Å². The molecule has 0 spiro atoms. The molecule has 2 aromatic carbocycles. The number of ketones is 1. The normalized spacial score (nSPS) is 13.2. The number of rotatable bonds is 9. The van der Waals surface area contributed by atoms with Crippen molar-refractivity contribution in [3.63, 3.8) is 0 Å². The van der Waals surface area contributed by atoms with Gasteiger partial charge in [0.1, 0.15) is 0 Å². The summed E-state index contributed by atoms with van der Waals surface area (Å²) in [4.78, 5) is 34.9. The highest BCUT2D eigenvalue weighted by molar-refractivity contribution is 7.17. The molecule has 0 radical (unpaired) electrons. The van der Waals surface area contributed by atoms with Crippen LogP contribution in [0, 0.1) is 6.92 Å². The fraction of sp³-hybridized carbons (Fsp3) is 0.214. The van der Waals surface area contributed by atoms with Crippen LogP contribution in [0.15, 0.2) is 71.3 Å². The van der Waals surface area contributed by atoms with Gasteiger partial charge in [0.25, 0.3) is 5.91 Å². The van der Waals surface area contributed by atoms with Crippen LogP contribution in [0.1, 0.15) is 32.8 Å². The largest absolute Gasteiger partial charge is 0.440 e. The van der Waals surface area contributed by atoms with E-state index in [0.29, 0.717) is 34.7 Å². The van der Waals surface area contributed by atoms with Crippen LogP contribution in [0.25, 0.3) is 21.7 Å². The van der Waals surface area contributed by atoms with E-state index in [4.69, 9.17) is 4.42 Å². The van der Waals surface area contributed by atoms with E-state index in [-0.39, 0.29) is 34.2 Å². The molecule has 0 aliphatic carbocycles. The van der Waals surface area contributed by atoms with Gasteiger partial charge in [-0.3, -0.25) is 14.9 Å². The lowest BCUT2D eigenvalue weighted by Crippen LogP contribution is -2.45. The molecule has 0 bridgehead atoms. The third kappa shape index (κ3) is 6.00. The maximum atomic E-state index is 13.6. The summed E-state index contributed by atoms with van der Waals surface area (Å²) in [6, 6.07) is 16.6. The van der Waals surface area contributed by atoms with Gasteiger partial charge in [-0.25, -0.2) is 9.97 Å². The molecule has 5 rings (SSSR count). The highest BCUT2D eigenvalue weighted by atomic mass is 32.1. The molecule has 0 aliphatic heterocycles. The van der Waals surface area contributed by atoms with E-state index < -0.39 is 24.2 Å². The van der Waals surface area contributed by atoms with Crippen LogP contribution >= 0.6 is 11.3 Å². The number of anilines is 2. The maximum absolute atomic E-state index is 13.6. The van der Waals surface area contributed by atoms with Crippen molar-refractivity contribution in [2.24, 2.45) is 0 Å². The lowest BCUT2D eigenvalue weighted by Gasteiger charge is -2.27. The van der Waals surface area contributed by atoms with E-state index in [1.54, 1.807) is 61.5 Å². The Morgan fingerprint density at radius 1 is 1.10 bits per heavy atom. The number of thiophene rings is 1. The zero-order valence-electron chi connectivity index (χ0n) is 21.8. The standard InChI is InChI=1S/C28H24F3N5O4S/c1-16-32-14-22(40-16)23-10-11-24(41-23)25(38)35-26-34-19-12-18(33-13-21(37)17-6-4-3-5-7-17)8-9-20(19)36(26)15-27(2,39)28(29,30)31/h3-12,14,33,39H,13,15H2,1-2H3,(H,34,35,38). The van der Waals surface area contributed by atoms with Crippen LogP contribution in [0.3, 0.4) is 0 Å². The minimum absolute atomic E-state index is 0.0198. The molecule has 0 saturated carbocycles. The molecular formula is C28H24F3N5O4S. The summed E-state index contributed by atoms with van der Waals surface area (Å²) in [5.74, 6) is 0.000114. The fourth-order valence-electron chi connectivity index (χ4n) is 4.03. The summed E-state index contributed by atoms with van der Waals surface area (Å²) >= 11 is 1.11. The molecule has 41 heavy (non-hydrogen) atoms. The molecule has 3 heterocycles. The van der Waals surface area contributed by atoms with Crippen molar-refractivity contribution in [3.8, 4) is 10.6 Å². The lowest BCUT2D eigenvalue weighted by atomic mass is 10.1. The summed E-state index contributed by atoms with van der Waals surface area (Å²) in [6.07, 6.45) is -3.41. The number of aromatic nitrogens is 3. The third-order valence-corrected chi connectivity index (χ3v) is 7.39. The number of hydrogen-bond acceptors (Lipinski definition) is 8. The van der Waals surface area contributed by atoms with Crippen LogP contribution in [0.4, 0.5) is 24.8 Å². The Balaban J connectivity index is 1.43. The number of benzene rings is 2. The molecule has 1 atom stereocenters. The molecule has 0 saturated heterocycles. The Labute approximate surface area is 235 Å². The molecular weight excluding hydrogens is 559 g/mol. The van der Waals surface area contributed by atoms with Crippen LogP contribution in [-0.4, -0.2) is 49.7 Å². The zero-order chi connectivity index (χ0) is 29.4. The fourth-order valence-corrected chi connectivity index (χ4v) is 4.88. The molecule has 9 nitrogen and oxygen atoms in total. The zero-order valence-corrected chi connectivity index (χ0v) is 22.6. The molecule has 1 amide bonds. The summed E-state index contributed by atoms with van der Waals surface area (Å²) in [5, 5.41) is 15.8. The number of imidazole rings is 1. The minimum atomic E-state index is -4.94. The van der Waals surface area contributed by atoms with Gasteiger partial charge in [0.05, 0.1) is 40.1 Å². The summed E-state index contributed by atoms with van der Waals surface area (Å²) in [6.45, 7) is 1.40. The number of aliphatic hydroxyl groups is 1. The third-order valence-electron chi connectivity index (χ3n) is 6.29. The highest BCUT2D eigenvalue weighted by Crippen LogP contribution is 2.35. The second-order valence-electron chi connectivity index (χ2n) is 9.50. The van der Waals surface area contributed by atoms with Crippen molar-refractivity contribution in [2.45, 2.75) is 32.2 Å². The number of halogens is 3. The van der Waals surface area contributed by atoms with Crippen LogP contribution in [0.5, 0.6) is 0 Å². The van der Waals surface area contributed by atoms with E-state index in [9.17, 15) is 27.9 Å². The summed E-state index contributed by atoms with van der Waals surface area (Å²) in [5.41, 5.74) is -1.59. The molecule has 0 aliphatic rings. The molecule has 1 unspecified atom stereocenters. The van der Waals surface area contributed by atoms with Crippen molar-refractivity contribution in [1.29, 1.82) is 0 Å². The van der Waals surface area contributed by atoms with Crippen molar-refractivity contribution in [1.82, 2.24) is 14.5 Å². The highest BCUT2D eigenvalue weighted by Gasteiger charge is 2.50. The summed E-state index contributed by atoms with van der Waals surface area (Å²) in [7, 11) is 0. The quantitative estimate of drug-likeness (QED) is 0.184. The second-order valence-corrected chi connectivity index (χ2v) is 10.6. The van der Waals surface area contributed by atoms with Crippen LogP contribution in [0.2, 0.25) is 0 Å². The first-order valence-corrected chi connectivity index (χ1v) is 13.2. The van der Waals surface area contributed by atoms with Crippen molar-refractivity contribution < 1.29 is 32.3 Å². The predicted octanol–water partition coefficient (Wildman–Crippen LogP) is 5.92. The Hall–Kier alpha value is -4.49. The average Bonchev–Trinajstić information content (AvgIpc) is 3.66. The smallest absolute Gasteiger partial charge is 0.418 e. The number of amides is 1. The topological polar surface area (TPSA) is 122 Å². The van der Waals surface area contributed by atoms with Gasteiger partial charge in [-0.05, 0) is 37.3 Å². The van der Waals surface area contributed by atoms with Gasteiger partial charge < -0.3 is 19.4 Å². The van der Waals surface area contributed by atoms with Gasteiger partial charge in [-0.15, -0.1) is 11.3 Å². The molecule has 0 fully saturated rings. The number of hydrogen-bond donors (Lipinski definition) is 3. The Morgan fingerprint density at radius 2 is 1.85 bits per heavy atom. The number of oxazole rings is 1. The molecule has 3 N–H and O–H groups in total. The second kappa shape index (κ2) is 10.8. The maximum Gasteiger partial charge on any atom is 0.418 e. The number of Topliss-reactive ketones (excluding diaryl/α,β-unsaturated/α-hetero) is 1. The lowest BCUT2D eigenvalue weighted by molar-refractivity contribution is -0.257. The van der Waals surface area contributed by atoms with Gasteiger partial charge in [-0.2, -0.15) is 13.2 Å². The first-order valence-electron chi connectivity index (χ1n) is 12.4. The summed E-state index contributed by atoms with van der Waals surface area (Å²) < 4.78 is 47.4. The monoisotopic (exact) mass is 583 g/mol.